The number of hydrogen-bond acceptors (Lipinski definition) is 7. The number of rotatable bonds is 6. The maximum atomic E-state index is 12.1. The first kappa shape index (κ1) is 18.4. The first-order chi connectivity index (χ1) is 13.0. The van der Waals surface area contributed by atoms with Crippen LogP contribution in [0.5, 0.6) is 0 Å². The topological polar surface area (TPSA) is 129 Å². The number of nitrogens with zero attached hydrogens (tertiary/aromatic N) is 4. The van der Waals surface area contributed by atoms with E-state index in [1.54, 1.807) is 19.1 Å². The van der Waals surface area contributed by atoms with Gasteiger partial charge in [0.25, 0.3) is 5.69 Å². The smallest absolute Gasteiger partial charge is 0.274 e. The molecule has 2 aromatic carbocycles. The molecular formula is C17H16N6O3S. The number of nitrogens with one attached hydrogen (secondary N) is 1. The Morgan fingerprint density at radius 1 is 1.26 bits per heavy atom. The van der Waals surface area contributed by atoms with Crippen LogP contribution in [0.1, 0.15) is 5.56 Å². The molecule has 9 nitrogen and oxygen atoms in total. The number of nitro groups is 1. The van der Waals surface area contributed by atoms with E-state index in [1.165, 1.54) is 10.7 Å². The summed E-state index contributed by atoms with van der Waals surface area (Å²) in [7, 11) is 0. The normalized spacial score (nSPS) is 10.6. The number of hydrogen-bond donors (Lipinski definition) is 2. The summed E-state index contributed by atoms with van der Waals surface area (Å²) in [5, 5.41) is 22.1. The lowest BCUT2D eigenvalue weighted by atomic mass is 10.2. The van der Waals surface area contributed by atoms with Crippen molar-refractivity contribution in [2.24, 2.45) is 0 Å². The van der Waals surface area contributed by atoms with E-state index >= 15 is 0 Å². The van der Waals surface area contributed by atoms with Crippen LogP contribution in [0.25, 0.3) is 11.4 Å². The molecule has 0 aliphatic rings. The third-order valence-corrected chi connectivity index (χ3v) is 4.66. The molecule has 0 atom stereocenters. The largest absolute Gasteiger partial charge is 0.335 e. The van der Waals surface area contributed by atoms with Crippen LogP contribution >= 0.6 is 11.8 Å². The van der Waals surface area contributed by atoms with Gasteiger partial charge in [-0.3, -0.25) is 14.9 Å². The van der Waals surface area contributed by atoms with Gasteiger partial charge in [0.1, 0.15) is 0 Å². The number of nitro benzene ring substituents is 1. The van der Waals surface area contributed by atoms with Gasteiger partial charge in [-0.05, 0) is 13.0 Å². The molecule has 0 bridgehead atoms. The van der Waals surface area contributed by atoms with Gasteiger partial charge in [-0.1, -0.05) is 48.2 Å². The first-order valence-corrected chi connectivity index (χ1v) is 8.88. The summed E-state index contributed by atoms with van der Waals surface area (Å²) in [6.07, 6.45) is 0. The van der Waals surface area contributed by atoms with Crippen LogP contribution in [0, 0.1) is 17.0 Å². The van der Waals surface area contributed by atoms with Crippen molar-refractivity contribution in [3.8, 4) is 11.4 Å². The summed E-state index contributed by atoms with van der Waals surface area (Å²) in [4.78, 5) is 22.6. The summed E-state index contributed by atoms with van der Waals surface area (Å²) in [6, 6.07) is 13.9. The summed E-state index contributed by atoms with van der Waals surface area (Å²) in [6.45, 7) is 1.64. The fourth-order valence-electron chi connectivity index (χ4n) is 2.37. The highest BCUT2D eigenvalue weighted by Gasteiger charge is 2.15. The molecule has 138 valence electrons. The molecular weight excluding hydrogens is 368 g/mol. The molecule has 1 heterocycles. The van der Waals surface area contributed by atoms with E-state index in [0.717, 1.165) is 17.3 Å². The molecule has 10 heteroatoms. The van der Waals surface area contributed by atoms with Crippen LogP contribution in [0.2, 0.25) is 0 Å². The van der Waals surface area contributed by atoms with E-state index in [4.69, 9.17) is 5.84 Å². The SMILES string of the molecule is Cc1ccc(NC(=O)CSc2nnc(-c3ccccc3)n2N)cc1[N+](=O)[O-]. The second-order valence-corrected chi connectivity index (χ2v) is 6.58. The van der Waals surface area contributed by atoms with Gasteiger partial charge < -0.3 is 11.2 Å². The van der Waals surface area contributed by atoms with Crippen LogP contribution in [-0.2, 0) is 4.79 Å². The van der Waals surface area contributed by atoms with E-state index < -0.39 is 4.92 Å². The number of aryl methyl sites for hydroxylation is 1. The number of amides is 1. The van der Waals surface area contributed by atoms with Crippen molar-refractivity contribution in [1.82, 2.24) is 14.9 Å². The van der Waals surface area contributed by atoms with Crippen molar-refractivity contribution in [2.75, 3.05) is 16.9 Å². The van der Waals surface area contributed by atoms with Crippen molar-refractivity contribution in [1.29, 1.82) is 0 Å². The van der Waals surface area contributed by atoms with E-state index in [1.807, 2.05) is 30.3 Å². The van der Waals surface area contributed by atoms with Gasteiger partial charge >= 0.3 is 0 Å². The predicted octanol–water partition coefficient (Wildman–Crippen LogP) is 2.61. The molecule has 3 N–H and O–H groups in total. The van der Waals surface area contributed by atoms with Crippen LogP contribution < -0.4 is 11.2 Å². The number of carbonyl (C=O) groups excluding carboxylic acids is 1. The number of thioether (sulfide) groups is 1. The Bertz CT molecular complexity index is 990. The fraction of sp³-hybridized carbons (Fsp3) is 0.118. The summed E-state index contributed by atoms with van der Waals surface area (Å²) >= 11 is 1.12. The number of benzene rings is 2. The van der Waals surface area contributed by atoms with E-state index in [9.17, 15) is 14.9 Å². The molecule has 0 fully saturated rings. The quantitative estimate of drug-likeness (QED) is 0.289. The second kappa shape index (κ2) is 7.87. The van der Waals surface area contributed by atoms with Gasteiger partial charge in [-0.2, -0.15) is 0 Å². The number of aromatic nitrogens is 3. The number of nitrogen functional groups attached to an aromatic ring is 1. The van der Waals surface area contributed by atoms with Crippen molar-refractivity contribution in [2.45, 2.75) is 12.1 Å². The molecule has 0 radical (unpaired) electrons. The van der Waals surface area contributed by atoms with Crippen LogP contribution in [0.15, 0.2) is 53.7 Å². The first-order valence-electron chi connectivity index (χ1n) is 7.89. The fourth-order valence-corrected chi connectivity index (χ4v) is 3.03. The van der Waals surface area contributed by atoms with Gasteiger partial charge in [0.2, 0.25) is 11.1 Å². The monoisotopic (exact) mass is 384 g/mol. The lowest BCUT2D eigenvalue weighted by Crippen LogP contribution is -2.16. The maximum absolute atomic E-state index is 12.1. The number of nitrogens with two attached hydrogens (primary N) is 1. The zero-order chi connectivity index (χ0) is 19.4. The summed E-state index contributed by atoms with van der Waals surface area (Å²) in [5.41, 5.74) is 1.65. The highest BCUT2D eigenvalue weighted by Crippen LogP contribution is 2.24. The van der Waals surface area contributed by atoms with E-state index in [2.05, 4.69) is 15.5 Å². The zero-order valence-corrected chi connectivity index (χ0v) is 15.1. The molecule has 0 spiro atoms. The van der Waals surface area contributed by atoms with Gasteiger partial charge in [-0.25, -0.2) is 4.68 Å². The van der Waals surface area contributed by atoms with Gasteiger partial charge in [0.15, 0.2) is 5.82 Å². The van der Waals surface area contributed by atoms with Gasteiger partial charge in [-0.15, -0.1) is 10.2 Å². The molecule has 1 aromatic heterocycles. The summed E-state index contributed by atoms with van der Waals surface area (Å²) in [5.74, 6) is 6.20. The molecule has 0 saturated carbocycles. The molecule has 0 aliphatic carbocycles. The molecule has 0 aliphatic heterocycles. The van der Waals surface area contributed by atoms with E-state index in [-0.39, 0.29) is 17.3 Å². The Balaban J connectivity index is 1.64. The average molecular weight is 384 g/mol. The highest BCUT2D eigenvalue weighted by molar-refractivity contribution is 7.99. The Morgan fingerprint density at radius 2 is 2.00 bits per heavy atom. The Hall–Kier alpha value is -3.40. The second-order valence-electron chi connectivity index (χ2n) is 5.64. The minimum absolute atomic E-state index is 0.0335. The van der Waals surface area contributed by atoms with E-state index in [0.29, 0.717) is 22.2 Å². The minimum Gasteiger partial charge on any atom is -0.335 e. The average Bonchev–Trinajstić information content (AvgIpc) is 3.02. The molecule has 3 rings (SSSR count). The van der Waals surface area contributed by atoms with Crippen molar-refractivity contribution in [3.63, 3.8) is 0 Å². The standard InChI is InChI=1S/C17H16N6O3S/c1-11-7-8-13(9-14(11)23(25)26)19-15(24)10-27-17-21-20-16(22(17)18)12-5-3-2-4-6-12/h2-9H,10,18H2,1H3,(H,19,24). The van der Waals surface area contributed by atoms with Crippen molar-refractivity contribution in [3.05, 3.63) is 64.2 Å². The maximum Gasteiger partial charge on any atom is 0.274 e. The zero-order valence-electron chi connectivity index (χ0n) is 14.3. The molecule has 0 unspecified atom stereocenters. The number of anilines is 1. The van der Waals surface area contributed by atoms with Gasteiger partial charge in [0.05, 0.1) is 10.7 Å². The highest BCUT2D eigenvalue weighted by atomic mass is 32.2. The van der Waals surface area contributed by atoms with Crippen LogP contribution in [0.3, 0.4) is 0 Å². The van der Waals surface area contributed by atoms with Crippen molar-refractivity contribution >= 4 is 29.0 Å². The Kier molecular flexibility index (Phi) is 5.36. The minimum atomic E-state index is -0.484. The third kappa shape index (κ3) is 4.23. The van der Waals surface area contributed by atoms with Gasteiger partial charge in [0, 0.05) is 22.9 Å². The third-order valence-electron chi connectivity index (χ3n) is 3.72. The van der Waals surface area contributed by atoms with Crippen LogP contribution in [0.4, 0.5) is 11.4 Å². The lowest BCUT2D eigenvalue weighted by molar-refractivity contribution is -0.385. The molecule has 1 amide bonds. The van der Waals surface area contributed by atoms with Crippen molar-refractivity contribution < 1.29 is 9.72 Å². The molecule has 3 aromatic rings. The lowest BCUT2D eigenvalue weighted by Gasteiger charge is -2.06. The molecule has 27 heavy (non-hydrogen) atoms. The van der Waals surface area contributed by atoms with Crippen LogP contribution in [-0.4, -0.2) is 31.5 Å². The Labute approximate surface area is 158 Å². The molecule has 0 saturated heterocycles. The summed E-state index contributed by atoms with van der Waals surface area (Å²) < 4.78 is 1.32. The Morgan fingerprint density at radius 3 is 2.70 bits per heavy atom. The number of carbonyl (C=O) groups is 1. The predicted molar refractivity (Wildman–Crippen MR) is 103 cm³/mol.